The molecule has 21 heavy (non-hydrogen) atoms. The van der Waals surface area contributed by atoms with Gasteiger partial charge >= 0.3 is 5.97 Å². The molecule has 0 aromatic heterocycles. The lowest BCUT2D eigenvalue weighted by Crippen LogP contribution is -2.38. The van der Waals surface area contributed by atoms with Crippen LogP contribution in [0.1, 0.15) is 36.5 Å². The minimum Gasteiger partial charge on any atom is -0.478 e. The number of hydrogen-bond acceptors (Lipinski definition) is 3. The number of halogens is 1. The first kappa shape index (κ1) is 16.5. The summed E-state index contributed by atoms with van der Waals surface area (Å²) in [6.07, 6.45) is 2.78. The Balaban J connectivity index is 2.28. The van der Waals surface area contributed by atoms with Crippen LogP contribution in [-0.2, 0) is 10.0 Å². The summed E-state index contributed by atoms with van der Waals surface area (Å²) < 4.78 is 27.0. The molecule has 1 saturated heterocycles. The molecule has 0 aliphatic carbocycles. The van der Waals surface area contributed by atoms with Gasteiger partial charge in [-0.1, -0.05) is 13.3 Å². The van der Waals surface area contributed by atoms with Gasteiger partial charge in [-0.25, -0.2) is 13.2 Å². The lowest BCUT2D eigenvalue weighted by molar-refractivity contribution is 0.0695. The second-order valence-corrected chi connectivity index (χ2v) is 7.99. The van der Waals surface area contributed by atoms with Gasteiger partial charge in [0.05, 0.1) is 10.5 Å². The fourth-order valence-corrected chi connectivity index (χ4v) is 4.45. The Morgan fingerprint density at radius 2 is 2.00 bits per heavy atom. The molecule has 0 spiro atoms. The van der Waals surface area contributed by atoms with Crippen LogP contribution < -0.4 is 0 Å². The zero-order chi connectivity index (χ0) is 15.6. The van der Waals surface area contributed by atoms with Crippen LogP contribution in [0.25, 0.3) is 0 Å². The highest BCUT2D eigenvalue weighted by Gasteiger charge is 2.29. The first-order valence-electron chi connectivity index (χ1n) is 6.89. The second kappa shape index (κ2) is 6.46. The minimum atomic E-state index is -3.62. The molecule has 1 heterocycles. The largest absolute Gasteiger partial charge is 0.478 e. The third-order valence-corrected chi connectivity index (χ3v) is 6.54. The van der Waals surface area contributed by atoms with Crippen molar-refractivity contribution in [2.75, 3.05) is 13.1 Å². The fraction of sp³-hybridized carbons (Fsp3) is 0.500. The first-order chi connectivity index (χ1) is 9.86. The number of benzene rings is 1. The zero-order valence-corrected chi connectivity index (χ0v) is 14.2. The van der Waals surface area contributed by atoms with Gasteiger partial charge in [-0.3, -0.25) is 0 Å². The van der Waals surface area contributed by atoms with Gasteiger partial charge in [0.25, 0.3) is 0 Å². The predicted molar refractivity (Wildman–Crippen MR) is 82.9 cm³/mol. The molecule has 0 bridgehead atoms. The molecular formula is C14H18BrNO4S. The highest BCUT2D eigenvalue weighted by Crippen LogP contribution is 2.27. The van der Waals surface area contributed by atoms with Crippen molar-refractivity contribution in [3.05, 3.63) is 28.2 Å². The molecule has 116 valence electrons. The van der Waals surface area contributed by atoms with E-state index < -0.39 is 16.0 Å². The van der Waals surface area contributed by atoms with Crippen molar-refractivity contribution < 1.29 is 18.3 Å². The minimum absolute atomic E-state index is 0.0399. The molecule has 2 rings (SSSR count). The van der Waals surface area contributed by atoms with Crippen molar-refractivity contribution in [3.63, 3.8) is 0 Å². The van der Waals surface area contributed by atoms with E-state index in [4.69, 9.17) is 5.11 Å². The number of carboxylic acids is 1. The van der Waals surface area contributed by atoms with Crippen molar-refractivity contribution >= 4 is 31.9 Å². The SMILES string of the molecule is CCC1CCN(S(=O)(=O)c2ccc(Br)c(C(=O)O)c2)CC1. The van der Waals surface area contributed by atoms with E-state index in [0.717, 1.165) is 19.3 Å². The maximum absolute atomic E-state index is 12.6. The van der Waals surface area contributed by atoms with Crippen molar-refractivity contribution in [1.29, 1.82) is 0 Å². The Hall–Kier alpha value is -0.920. The van der Waals surface area contributed by atoms with Crippen molar-refractivity contribution in [2.24, 2.45) is 5.92 Å². The molecule has 0 unspecified atom stereocenters. The molecule has 1 aromatic rings. The van der Waals surface area contributed by atoms with E-state index in [0.29, 0.717) is 23.5 Å². The topological polar surface area (TPSA) is 74.7 Å². The third-order valence-electron chi connectivity index (χ3n) is 3.96. The number of piperidine rings is 1. The van der Waals surface area contributed by atoms with E-state index in [-0.39, 0.29) is 10.5 Å². The van der Waals surface area contributed by atoms with Crippen LogP contribution in [0.5, 0.6) is 0 Å². The van der Waals surface area contributed by atoms with E-state index >= 15 is 0 Å². The zero-order valence-electron chi connectivity index (χ0n) is 11.8. The summed E-state index contributed by atoms with van der Waals surface area (Å²) in [6, 6.07) is 4.13. The Morgan fingerprint density at radius 1 is 1.38 bits per heavy atom. The maximum atomic E-state index is 12.6. The summed E-state index contributed by atoms with van der Waals surface area (Å²) in [7, 11) is -3.62. The van der Waals surface area contributed by atoms with Gasteiger partial charge in [0.1, 0.15) is 0 Å². The Morgan fingerprint density at radius 3 is 2.52 bits per heavy atom. The second-order valence-electron chi connectivity index (χ2n) is 5.20. The van der Waals surface area contributed by atoms with Gasteiger partial charge in [0, 0.05) is 17.6 Å². The number of nitrogens with zero attached hydrogens (tertiary/aromatic N) is 1. The lowest BCUT2D eigenvalue weighted by atomic mass is 9.96. The highest BCUT2D eigenvalue weighted by atomic mass is 79.9. The summed E-state index contributed by atoms with van der Waals surface area (Å²) in [5, 5.41) is 9.09. The summed E-state index contributed by atoms with van der Waals surface area (Å²) in [5.41, 5.74) is -0.0421. The molecule has 1 N–H and O–H groups in total. The maximum Gasteiger partial charge on any atom is 0.336 e. The quantitative estimate of drug-likeness (QED) is 0.877. The number of sulfonamides is 1. The fourth-order valence-electron chi connectivity index (χ4n) is 2.54. The van der Waals surface area contributed by atoms with Gasteiger partial charge in [-0.15, -0.1) is 0 Å². The monoisotopic (exact) mass is 375 g/mol. The van der Waals surface area contributed by atoms with Crippen LogP contribution in [-0.4, -0.2) is 36.9 Å². The van der Waals surface area contributed by atoms with Crippen molar-refractivity contribution in [2.45, 2.75) is 31.1 Å². The normalized spacial score (nSPS) is 17.8. The smallest absolute Gasteiger partial charge is 0.336 e. The summed E-state index contributed by atoms with van der Waals surface area (Å²) >= 11 is 3.12. The van der Waals surface area contributed by atoms with E-state index in [1.54, 1.807) is 0 Å². The van der Waals surface area contributed by atoms with Gasteiger partial charge < -0.3 is 5.11 Å². The summed E-state index contributed by atoms with van der Waals surface area (Å²) in [6.45, 7) is 3.11. The van der Waals surface area contributed by atoms with Crippen molar-refractivity contribution in [1.82, 2.24) is 4.31 Å². The molecular weight excluding hydrogens is 358 g/mol. The van der Waals surface area contributed by atoms with Gasteiger partial charge in [-0.05, 0) is 52.9 Å². The number of carbonyl (C=O) groups is 1. The van der Waals surface area contributed by atoms with E-state index in [9.17, 15) is 13.2 Å². The van der Waals surface area contributed by atoms with Crippen LogP contribution in [0.4, 0.5) is 0 Å². The average Bonchev–Trinajstić information content (AvgIpc) is 2.47. The Bertz CT molecular complexity index is 636. The molecule has 0 radical (unpaired) electrons. The molecule has 1 aromatic carbocycles. The first-order valence-corrected chi connectivity index (χ1v) is 9.12. The Labute approximate surface area is 133 Å². The summed E-state index contributed by atoms with van der Waals surface area (Å²) in [4.78, 5) is 11.2. The third kappa shape index (κ3) is 3.46. The van der Waals surface area contributed by atoms with E-state index in [1.165, 1.54) is 22.5 Å². The molecule has 0 amide bonds. The van der Waals surface area contributed by atoms with Crippen LogP contribution >= 0.6 is 15.9 Å². The van der Waals surface area contributed by atoms with E-state index in [2.05, 4.69) is 22.9 Å². The van der Waals surface area contributed by atoms with Gasteiger partial charge in [0.15, 0.2) is 0 Å². The van der Waals surface area contributed by atoms with Crippen LogP contribution in [0, 0.1) is 5.92 Å². The van der Waals surface area contributed by atoms with Gasteiger partial charge in [-0.2, -0.15) is 4.31 Å². The number of aromatic carboxylic acids is 1. The lowest BCUT2D eigenvalue weighted by Gasteiger charge is -2.30. The van der Waals surface area contributed by atoms with Crippen LogP contribution in [0.2, 0.25) is 0 Å². The number of rotatable bonds is 4. The summed E-state index contributed by atoms with van der Waals surface area (Å²) in [5.74, 6) is -0.570. The Kier molecular flexibility index (Phi) is 5.06. The predicted octanol–water partition coefficient (Wildman–Crippen LogP) is 2.96. The average molecular weight is 376 g/mol. The van der Waals surface area contributed by atoms with Gasteiger partial charge in [0.2, 0.25) is 10.0 Å². The molecule has 7 heteroatoms. The molecule has 1 fully saturated rings. The molecule has 1 aliphatic rings. The molecule has 5 nitrogen and oxygen atoms in total. The van der Waals surface area contributed by atoms with E-state index in [1.807, 2.05) is 0 Å². The molecule has 1 aliphatic heterocycles. The standard InChI is InChI=1S/C14H18BrNO4S/c1-2-10-5-7-16(8-6-10)21(19,20)11-3-4-13(15)12(9-11)14(17)18/h3-4,9-10H,2,5-8H2,1H3,(H,17,18). The number of hydrogen-bond donors (Lipinski definition) is 1. The molecule has 0 saturated carbocycles. The van der Waals surface area contributed by atoms with Crippen LogP contribution in [0.15, 0.2) is 27.6 Å². The molecule has 0 atom stereocenters. The van der Waals surface area contributed by atoms with Crippen molar-refractivity contribution in [3.8, 4) is 0 Å². The highest BCUT2D eigenvalue weighted by molar-refractivity contribution is 9.10. The van der Waals surface area contributed by atoms with Crippen LogP contribution in [0.3, 0.4) is 0 Å². The number of carboxylic acid groups (broad SMARTS) is 1.